The van der Waals surface area contributed by atoms with Gasteiger partial charge in [-0.3, -0.25) is 0 Å². The maximum Gasteiger partial charge on any atom is 0.346 e. The van der Waals surface area contributed by atoms with Crippen molar-refractivity contribution in [3.63, 3.8) is 0 Å². The summed E-state index contributed by atoms with van der Waals surface area (Å²) in [4.78, 5) is 12.0. The number of hydrogen-bond donors (Lipinski definition) is 2. The average molecular weight is 327 g/mol. The minimum Gasteiger partial charge on any atom is -0.464 e. The standard InChI is InChI=1S/C14H15ClN2O3S/c1-3-16-14(21)17-8-5-6-9-10(7-8)12(18)20-13(11(9)15)19-4-2/h5-7H,3-4H2,1-2H3,(H2,16,17,21). The van der Waals surface area contributed by atoms with Crippen LogP contribution in [0.1, 0.15) is 13.8 Å². The van der Waals surface area contributed by atoms with Crippen molar-refractivity contribution in [2.45, 2.75) is 13.8 Å². The normalized spacial score (nSPS) is 10.4. The second kappa shape index (κ2) is 6.78. The minimum atomic E-state index is -0.504. The first-order chi connectivity index (χ1) is 10.1. The van der Waals surface area contributed by atoms with Crippen LogP contribution in [-0.4, -0.2) is 18.3 Å². The first-order valence-corrected chi connectivity index (χ1v) is 7.29. The number of anilines is 1. The zero-order valence-electron chi connectivity index (χ0n) is 11.7. The van der Waals surface area contributed by atoms with Gasteiger partial charge in [0.1, 0.15) is 5.02 Å². The molecule has 0 saturated heterocycles. The van der Waals surface area contributed by atoms with E-state index in [1.165, 1.54) is 0 Å². The van der Waals surface area contributed by atoms with Crippen LogP contribution in [0, 0.1) is 0 Å². The number of thiocarbonyl (C=S) groups is 1. The molecule has 2 aromatic rings. The molecule has 2 N–H and O–H groups in total. The lowest BCUT2D eigenvalue weighted by Crippen LogP contribution is -2.27. The van der Waals surface area contributed by atoms with Gasteiger partial charge in [0.25, 0.3) is 0 Å². The lowest BCUT2D eigenvalue weighted by Gasteiger charge is -2.10. The van der Waals surface area contributed by atoms with Gasteiger partial charge in [0.2, 0.25) is 0 Å². The summed E-state index contributed by atoms with van der Waals surface area (Å²) in [7, 11) is 0. The first-order valence-electron chi connectivity index (χ1n) is 6.50. The molecule has 7 heteroatoms. The minimum absolute atomic E-state index is 0.0422. The van der Waals surface area contributed by atoms with Crippen molar-refractivity contribution in [2.24, 2.45) is 0 Å². The molecule has 1 heterocycles. The second-order valence-corrected chi connectivity index (χ2v) is 4.96. The molecule has 0 unspecified atom stereocenters. The van der Waals surface area contributed by atoms with E-state index in [1.54, 1.807) is 25.1 Å². The van der Waals surface area contributed by atoms with Gasteiger partial charge >= 0.3 is 11.6 Å². The molecule has 0 spiro atoms. The molecular formula is C14H15ClN2O3S. The van der Waals surface area contributed by atoms with Crippen LogP contribution in [0.15, 0.2) is 27.4 Å². The van der Waals surface area contributed by atoms with E-state index >= 15 is 0 Å². The lowest BCUT2D eigenvalue weighted by molar-refractivity contribution is 0.246. The van der Waals surface area contributed by atoms with Crippen molar-refractivity contribution in [1.29, 1.82) is 0 Å². The Labute approximate surface area is 132 Å². The fourth-order valence-electron chi connectivity index (χ4n) is 1.84. The molecule has 0 aliphatic carbocycles. The fourth-order valence-corrected chi connectivity index (χ4v) is 2.36. The summed E-state index contributed by atoms with van der Waals surface area (Å²) in [5.41, 5.74) is 0.178. The molecule has 21 heavy (non-hydrogen) atoms. The van der Waals surface area contributed by atoms with Gasteiger partial charge in [0, 0.05) is 17.6 Å². The lowest BCUT2D eigenvalue weighted by atomic mass is 10.1. The van der Waals surface area contributed by atoms with Crippen LogP contribution in [0.2, 0.25) is 5.02 Å². The summed E-state index contributed by atoms with van der Waals surface area (Å²) >= 11 is 11.3. The van der Waals surface area contributed by atoms with E-state index in [-0.39, 0.29) is 11.0 Å². The van der Waals surface area contributed by atoms with E-state index in [2.05, 4.69) is 10.6 Å². The van der Waals surface area contributed by atoms with Crippen molar-refractivity contribution in [3.8, 4) is 5.95 Å². The summed E-state index contributed by atoms with van der Waals surface area (Å²) in [6.07, 6.45) is 0. The molecule has 112 valence electrons. The van der Waals surface area contributed by atoms with E-state index in [0.29, 0.717) is 34.7 Å². The van der Waals surface area contributed by atoms with Gasteiger partial charge < -0.3 is 19.8 Å². The first kappa shape index (κ1) is 15.6. The predicted octanol–water partition coefficient (Wildman–Crippen LogP) is 3.15. The molecular weight excluding hydrogens is 312 g/mol. The highest BCUT2D eigenvalue weighted by molar-refractivity contribution is 7.80. The highest BCUT2D eigenvalue weighted by Crippen LogP contribution is 2.31. The summed E-state index contributed by atoms with van der Waals surface area (Å²) in [6.45, 7) is 4.81. The molecule has 2 rings (SSSR count). The van der Waals surface area contributed by atoms with Gasteiger partial charge in [0.05, 0.1) is 12.0 Å². The Morgan fingerprint density at radius 1 is 1.38 bits per heavy atom. The quantitative estimate of drug-likeness (QED) is 0.842. The van der Waals surface area contributed by atoms with Crippen LogP contribution < -0.4 is 21.0 Å². The SMILES string of the molecule is CCNC(=S)Nc1ccc2c(Cl)c(OCC)oc(=O)c2c1. The predicted molar refractivity (Wildman–Crippen MR) is 88.6 cm³/mol. The Morgan fingerprint density at radius 2 is 2.14 bits per heavy atom. The number of benzene rings is 1. The van der Waals surface area contributed by atoms with E-state index < -0.39 is 5.63 Å². The smallest absolute Gasteiger partial charge is 0.346 e. The third-order valence-corrected chi connectivity index (χ3v) is 3.32. The number of rotatable bonds is 4. The molecule has 0 fully saturated rings. The van der Waals surface area contributed by atoms with Gasteiger partial charge in [-0.2, -0.15) is 0 Å². The fraction of sp³-hybridized carbons (Fsp3) is 0.286. The zero-order chi connectivity index (χ0) is 15.4. The Kier molecular flexibility index (Phi) is 5.03. The number of ether oxygens (including phenoxy) is 1. The molecule has 1 aromatic carbocycles. The van der Waals surface area contributed by atoms with E-state index in [0.717, 1.165) is 0 Å². The Balaban J connectivity index is 2.44. The molecule has 5 nitrogen and oxygen atoms in total. The van der Waals surface area contributed by atoms with Gasteiger partial charge in [0.15, 0.2) is 5.11 Å². The third kappa shape index (κ3) is 3.46. The molecule has 0 atom stereocenters. The third-order valence-electron chi connectivity index (χ3n) is 2.71. The number of nitrogens with one attached hydrogen (secondary N) is 2. The van der Waals surface area contributed by atoms with E-state index in [4.69, 9.17) is 33.0 Å². The van der Waals surface area contributed by atoms with Crippen LogP contribution in [0.3, 0.4) is 0 Å². The molecule has 0 saturated carbocycles. The molecule has 0 aliphatic rings. The molecule has 0 aliphatic heterocycles. The number of halogens is 1. The molecule has 0 amide bonds. The number of hydrogen-bond acceptors (Lipinski definition) is 4. The van der Waals surface area contributed by atoms with Gasteiger partial charge in [-0.1, -0.05) is 17.7 Å². The summed E-state index contributed by atoms with van der Waals surface area (Å²) < 4.78 is 10.3. The van der Waals surface area contributed by atoms with Crippen molar-refractivity contribution >= 4 is 45.4 Å². The van der Waals surface area contributed by atoms with Crippen molar-refractivity contribution < 1.29 is 9.15 Å². The van der Waals surface area contributed by atoms with Gasteiger partial charge in [-0.05, 0) is 38.2 Å². The van der Waals surface area contributed by atoms with Crippen molar-refractivity contribution in [3.05, 3.63) is 33.6 Å². The van der Waals surface area contributed by atoms with E-state index in [1.807, 2.05) is 6.92 Å². The maximum atomic E-state index is 12.0. The largest absolute Gasteiger partial charge is 0.464 e. The van der Waals surface area contributed by atoms with Crippen LogP contribution in [0.25, 0.3) is 10.8 Å². The second-order valence-electron chi connectivity index (χ2n) is 4.17. The monoisotopic (exact) mass is 326 g/mol. The Hall–Kier alpha value is -1.79. The van der Waals surface area contributed by atoms with Crippen LogP contribution in [0.4, 0.5) is 5.69 Å². The van der Waals surface area contributed by atoms with E-state index in [9.17, 15) is 4.79 Å². The summed E-state index contributed by atoms with van der Waals surface area (Å²) in [5.74, 6) is 0.0422. The average Bonchev–Trinajstić information content (AvgIpc) is 2.45. The van der Waals surface area contributed by atoms with Crippen molar-refractivity contribution in [1.82, 2.24) is 5.32 Å². The van der Waals surface area contributed by atoms with Crippen molar-refractivity contribution in [2.75, 3.05) is 18.5 Å². The van der Waals surface area contributed by atoms with Gasteiger partial charge in [-0.15, -0.1) is 0 Å². The Morgan fingerprint density at radius 3 is 2.81 bits per heavy atom. The summed E-state index contributed by atoms with van der Waals surface area (Å²) in [5, 5.41) is 7.67. The highest BCUT2D eigenvalue weighted by Gasteiger charge is 2.13. The Bertz CT molecular complexity index is 730. The maximum absolute atomic E-state index is 12.0. The van der Waals surface area contributed by atoms with Crippen LogP contribution >= 0.6 is 23.8 Å². The zero-order valence-corrected chi connectivity index (χ0v) is 13.2. The van der Waals surface area contributed by atoms with Crippen LogP contribution in [0.5, 0.6) is 5.95 Å². The van der Waals surface area contributed by atoms with Gasteiger partial charge in [-0.25, -0.2) is 4.79 Å². The highest BCUT2D eigenvalue weighted by atomic mass is 35.5. The summed E-state index contributed by atoms with van der Waals surface area (Å²) in [6, 6.07) is 5.16. The number of fused-ring (bicyclic) bond motifs is 1. The molecule has 1 aromatic heterocycles. The molecule has 0 bridgehead atoms. The molecule has 0 radical (unpaired) electrons. The topological polar surface area (TPSA) is 63.5 Å². The van der Waals surface area contributed by atoms with Crippen LogP contribution in [-0.2, 0) is 0 Å².